The van der Waals surface area contributed by atoms with Crippen LogP contribution in [-0.2, 0) is 0 Å². The first kappa shape index (κ1) is 12.8. The van der Waals surface area contributed by atoms with E-state index in [9.17, 15) is 4.79 Å². The van der Waals surface area contributed by atoms with Crippen LogP contribution >= 0.6 is 0 Å². The van der Waals surface area contributed by atoms with Crippen molar-refractivity contribution in [2.45, 2.75) is 39.0 Å². The van der Waals surface area contributed by atoms with E-state index in [-0.39, 0.29) is 5.91 Å². The summed E-state index contributed by atoms with van der Waals surface area (Å²) in [5.41, 5.74) is 3.05. The van der Waals surface area contributed by atoms with Crippen molar-refractivity contribution in [2.75, 3.05) is 6.54 Å². The SMILES string of the molecule is Cc1ccnc(C(=O)NCCC2=CCCCC2)c1. The molecule has 1 N–H and O–H groups in total. The van der Waals surface area contributed by atoms with Crippen molar-refractivity contribution in [1.82, 2.24) is 10.3 Å². The number of hydrogen-bond donors (Lipinski definition) is 1. The third-order valence-electron chi connectivity index (χ3n) is 3.26. The molecule has 0 radical (unpaired) electrons. The van der Waals surface area contributed by atoms with Crippen LogP contribution in [0.5, 0.6) is 0 Å². The van der Waals surface area contributed by atoms with Crippen LogP contribution in [0, 0.1) is 6.92 Å². The van der Waals surface area contributed by atoms with E-state index in [0.29, 0.717) is 12.2 Å². The minimum atomic E-state index is -0.0740. The van der Waals surface area contributed by atoms with Gasteiger partial charge in [-0.05, 0) is 56.7 Å². The van der Waals surface area contributed by atoms with E-state index in [1.54, 1.807) is 6.20 Å². The Kier molecular flexibility index (Phi) is 4.51. The lowest BCUT2D eigenvalue weighted by Crippen LogP contribution is -2.25. The van der Waals surface area contributed by atoms with Crippen molar-refractivity contribution >= 4 is 5.91 Å². The standard InChI is InChI=1S/C15H20N2O/c1-12-7-9-16-14(11-12)15(18)17-10-8-13-5-3-2-4-6-13/h5,7,9,11H,2-4,6,8,10H2,1H3,(H,17,18). The smallest absolute Gasteiger partial charge is 0.269 e. The Morgan fingerprint density at radius 1 is 1.44 bits per heavy atom. The number of aryl methyl sites for hydroxylation is 1. The lowest BCUT2D eigenvalue weighted by atomic mass is 9.97. The summed E-state index contributed by atoms with van der Waals surface area (Å²) in [6.45, 7) is 2.67. The number of nitrogens with one attached hydrogen (secondary N) is 1. The maximum Gasteiger partial charge on any atom is 0.269 e. The highest BCUT2D eigenvalue weighted by Crippen LogP contribution is 2.19. The quantitative estimate of drug-likeness (QED) is 0.827. The molecule has 0 atom stereocenters. The fraction of sp³-hybridized carbons (Fsp3) is 0.467. The minimum absolute atomic E-state index is 0.0740. The number of pyridine rings is 1. The average molecular weight is 244 g/mol. The second kappa shape index (κ2) is 6.34. The van der Waals surface area contributed by atoms with Gasteiger partial charge in [0, 0.05) is 12.7 Å². The molecule has 0 bridgehead atoms. The molecular weight excluding hydrogens is 224 g/mol. The molecule has 0 aromatic carbocycles. The Morgan fingerprint density at radius 3 is 3.06 bits per heavy atom. The molecule has 1 aliphatic carbocycles. The second-order valence-corrected chi connectivity index (χ2v) is 4.83. The Balaban J connectivity index is 1.79. The van der Waals surface area contributed by atoms with E-state index in [4.69, 9.17) is 0 Å². The number of carbonyl (C=O) groups is 1. The topological polar surface area (TPSA) is 42.0 Å². The second-order valence-electron chi connectivity index (χ2n) is 4.83. The number of hydrogen-bond acceptors (Lipinski definition) is 2. The van der Waals surface area contributed by atoms with E-state index >= 15 is 0 Å². The molecule has 1 aromatic rings. The summed E-state index contributed by atoms with van der Waals surface area (Å²) in [6, 6.07) is 3.71. The summed E-state index contributed by atoms with van der Waals surface area (Å²) in [5, 5.41) is 2.93. The van der Waals surface area contributed by atoms with Crippen LogP contribution in [0.3, 0.4) is 0 Å². The first-order valence-corrected chi connectivity index (χ1v) is 6.64. The number of amides is 1. The van der Waals surface area contributed by atoms with Crippen molar-refractivity contribution in [3.63, 3.8) is 0 Å². The highest BCUT2D eigenvalue weighted by molar-refractivity contribution is 5.92. The molecule has 0 saturated carbocycles. The van der Waals surface area contributed by atoms with Gasteiger partial charge in [-0.1, -0.05) is 11.6 Å². The fourth-order valence-electron chi connectivity index (χ4n) is 2.22. The van der Waals surface area contributed by atoms with Gasteiger partial charge in [0.1, 0.15) is 5.69 Å². The monoisotopic (exact) mass is 244 g/mol. The highest BCUT2D eigenvalue weighted by atomic mass is 16.1. The molecule has 18 heavy (non-hydrogen) atoms. The van der Waals surface area contributed by atoms with Crippen molar-refractivity contribution < 1.29 is 4.79 Å². The molecule has 0 fully saturated rings. The zero-order valence-corrected chi connectivity index (χ0v) is 10.9. The van der Waals surface area contributed by atoms with Gasteiger partial charge in [-0.2, -0.15) is 0 Å². The van der Waals surface area contributed by atoms with Gasteiger partial charge in [0.2, 0.25) is 0 Å². The van der Waals surface area contributed by atoms with Crippen molar-refractivity contribution in [2.24, 2.45) is 0 Å². The largest absolute Gasteiger partial charge is 0.350 e. The lowest BCUT2D eigenvalue weighted by molar-refractivity contribution is 0.0949. The molecule has 0 saturated heterocycles. The summed E-state index contributed by atoms with van der Waals surface area (Å²) in [4.78, 5) is 15.9. The maximum atomic E-state index is 11.8. The summed E-state index contributed by atoms with van der Waals surface area (Å²) in [7, 11) is 0. The predicted octanol–water partition coefficient (Wildman–Crippen LogP) is 3.01. The van der Waals surface area contributed by atoms with Gasteiger partial charge >= 0.3 is 0 Å². The van der Waals surface area contributed by atoms with E-state index in [2.05, 4.69) is 16.4 Å². The average Bonchev–Trinajstić information content (AvgIpc) is 2.40. The van der Waals surface area contributed by atoms with E-state index in [0.717, 1.165) is 12.0 Å². The van der Waals surface area contributed by atoms with Gasteiger partial charge in [-0.15, -0.1) is 0 Å². The highest BCUT2D eigenvalue weighted by Gasteiger charge is 2.07. The van der Waals surface area contributed by atoms with Crippen LogP contribution in [-0.4, -0.2) is 17.4 Å². The van der Waals surface area contributed by atoms with E-state index in [1.807, 2.05) is 19.1 Å². The molecule has 3 nitrogen and oxygen atoms in total. The Bertz CT molecular complexity index is 452. The van der Waals surface area contributed by atoms with Crippen LogP contribution in [0.15, 0.2) is 30.0 Å². The summed E-state index contributed by atoms with van der Waals surface area (Å²) >= 11 is 0. The van der Waals surface area contributed by atoms with E-state index < -0.39 is 0 Å². The Labute approximate surface area is 108 Å². The van der Waals surface area contributed by atoms with Gasteiger partial charge in [-0.25, -0.2) is 0 Å². The van der Waals surface area contributed by atoms with Gasteiger partial charge in [0.05, 0.1) is 0 Å². The normalized spacial score (nSPS) is 15.1. The number of allylic oxidation sites excluding steroid dienone is 1. The molecule has 0 unspecified atom stereocenters. The Morgan fingerprint density at radius 2 is 2.33 bits per heavy atom. The third kappa shape index (κ3) is 3.69. The molecular formula is C15H20N2O. The van der Waals surface area contributed by atoms with Crippen LogP contribution in [0.2, 0.25) is 0 Å². The molecule has 1 heterocycles. The lowest BCUT2D eigenvalue weighted by Gasteiger charge is -2.12. The zero-order chi connectivity index (χ0) is 12.8. The van der Waals surface area contributed by atoms with Gasteiger partial charge in [0.25, 0.3) is 5.91 Å². The van der Waals surface area contributed by atoms with Gasteiger partial charge in [-0.3, -0.25) is 9.78 Å². The predicted molar refractivity (Wildman–Crippen MR) is 72.5 cm³/mol. The molecule has 2 rings (SSSR count). The molecule has 0 aliphatic heterocycles. The van der Waals surface area contributed by atoms with Crippen molar-refractivity contribution in [3.05, 3.63) is 41.2 Å². The van der Waals surface area contributed by atoms with Gasteiger partial charge < -0.3 is 5.32 Å². The third-order valence-corrected chi connectivity index (χ3v) is 3.26. The van der Waals surface area contributed by atoms with E-state index in [1.165, 1.54) is 31.3 Å². The zero-order valence-electron chi connectivity index (χ0n) is 10.9. The first-order valence-electron chi connectivity index (χ1n) is 6.64. The minimum Gasteiger partial charge on any atom is -0.350 e. The maximum absolute atomic E-state index is 11.8. The summed E-state index contributed by atoms with van der Waals surface area (Å²) < 4.78 is 0. The molecule has 1 aromatic heterocycles. The molecule has 1 aliphatic rings. The summed E-state index contributed by atoms with van der Waals surface area (Å²) in [6.07, 6.45) is 9.95. The Hall–Kier alpha value is -1.64. The first-order chi connectivity index (χ1) is 8.75. The fourth-order valence-corrected chi connectivity index (χ4v) is 2.22. The number of carbonyl (C=O) groups excluding carboxylic acids is 1. The summed E-state index contributed by atoms with van der Waals surface area (Å²) in [5.74, 6) is -0.0740. The molecule has 1 amide bonds. The number of aromatic nitrogens is 1. The van der Waals surface area contributed by atoms with Crippen molar-refractivity contribution in [3.8, 4) is 0 Å². The van der Waals surface area contributed by atoms with Crippen molar-refractivity contribution in [1.29, 1.82) is 0 Å². The molecule has 96 valence electrons. The van der Waals surface area contributed by atoms with Crippen LogP contribution in [0.1, 0.15) is 48.2 Å². The number of rotatable bonds is 4. The van der Waals surface area contributed by atoms with Crippen LogP contribution in [0.4, 0.5) is 0 Å². The number of nitrogens with zero attached hydrogens (tertiary/aromatic N) is 1. The van der Waals surface area contributed by atoms with Gasteiger partial charge in [0.15, 0.2) is 0 Å². The van der Waals surface area contributed by atoms with Crippen LogP contribution in [0.25, 0.3) is 0 Å². The van der Waals surface area contributed by atoms with Crippen LogP contribution < -0.4 is 5.32 Å². The molecule has 3 heteroatoms. The molecule has 0 spiro atoms.